The summed E-state index contributed by atoms with van der Waals surface area (Å²) in [5, 5.41) is 0. The van der Waals surface area contributed by atoms with Crippen LogP contribution in [0.15, 0.2) is 0 Å². The van der Waals surface area contributed by atoms with E-state index in [1.165, 1.54) is 51.4 Å². The molecule has 1 unspecified atom stereocenters. The molecule has 0 bridgehead atoms. The van der Waals surface area contributed by atoms with E-state index in [-0.39, 0.29) is 1.43 Å². The van der Waals surface area contributed by atoms with Crippen LogP contribution in [-0.2, 0) is 0 Å². The van der Waals surface area contributed by atoms with Crippen molar-refractivity contribution in [3.8, 4) is 0 Å². The molecule has 0 amide bonds. The summed E-state index contributed by atoms with van der Waals surface area (Å²) in [6, 6.07) is 0. The van der Waals surface area contributed by atoms with Crippen LogP contribution in [0.3, 0.4) is 0 Å². The summed E-state index contributed by atoms with van der Waals surface area (Å²) in [6.07, 6.45) is 11.5. The normalized spacial score (nSPS) is 13.5. The molecule has 1 heteroatoms. The smallest absolute Gasteiger partial charge is 1.00 e. The zero-order valence-corrected chi connectivity index (χ0v) is 13.2. The Morgan fingerprint density at radius 3 is 2.00 bits per heavy atom. The van der Waals surface area contributed by atoms with E-state index in [2.05, 4.69) is 20.8 Å². The largest absolute Gasteiger partial charge is 1.00 e. The molecule has 0 aliphatic heterocycles. The minimum Gasteiger partial charge on any atom is -1.00 e. The zero-order valence-electron chi connectivity index (χ0n) is 11.3. The van der Waals surface area contributed by atoms with Crippen molar-refractivity contribution < 1.29 is 1.43 Å². The van der Waals surface area contributed by atoms with Gasteiger partial charge in [0.15, 0.2) is 0 Å². The fourth-order valence-corrected chi connectivity index (χ4v) is 3.99. The minimum atomic E-state index is 0. The van der Waals surface area contributed by atoms with Gasteiger partial charge < -0.3 is 1.43 Å². The topological polar surface area (TPSA) is 0 Å². The molecule has 0 aliphatic rings. The Morgan fingerprint density at radius 1 is 0.929 bits per heavy atom. The van der Waals surface area contributed by atoms with Crippen LogP contribution in [0.5, 0.6) is 0 Å². The third-order valence-electron chi connectivity index (χ3n) is 3.24. The van der Waals surface area contributed by atoms with E-state index < -0.39 is 0 Å². The monoisotopic (exact) mass is 304 g/mol. The Labute approximate surface area is 106 Å². The molecule has 0 nitrogen and oxygen atoms in total. The molecule has 14 heavy (non-hydrogen) atoms. The molecule has 0 spiro atoms. The molecule has 0 saturated heterocycles. The fourth-order valence-electron chi connectivity index (χ4n) is 2.06. The Bertz CT molecular complexity index is 113. The van der Waals surface area contributed by atoms with Crippen molar-refractivity contribution in [1.29, 1.82) is 0 Å². The van der Waals surface area contributed by atoms with Gasteiger partial charge in [-0.1, -0.05) is 0 Å². The maximum Gasteiger partial charge on any atom is -1.00 e. The van der Waals surface area contributed by atoms with Gasteiger partial charge in [-0.3, -0.25) is 0 Å². The first kappa shape index (κ1) is 14.8. The molecule has 0 rings (SSSR count). The number of rotatable bonds is 9. The van der Waals surface area contributed by atoms with Gasteiger partial charge in [0.25, 0.3) is 0 Å². The fraction of sp³-hybridized carbons (Fsp3) is 1.00. The molecule has 0 saturated carbocycles. The van der Waals surface area contributed by atoms with Crippen molar-refractivity contribution in [3.63, 3.8) is 0 Å². The molecule has 0 aromatic rings. The van der Waals surface area contributed by atoms with Crippen LogP contribution in [0, 0.1) is 5.92 Å². The van der Waals surface area contributed by atoms with E-state index in [9.17, 15) is 0 Å². The van der Waals surface area contributed by atoms with Crippen LogP contribution in [0.25, 0.3) is 0 Å². The summed E-state index contributed by atoms with van der Waals surface area (Å²) in [5.74, 6) is 1.01. The van der Waals surface area contributed by atoms with E-state index in [1.807, 2.05) is 0 Å². The van der Waals surface area contributed by atoms with Crippen LogP contribution in [-0.4, -0.2) is 22.5 Å². The maximum absolute atomic E-state index is 2.35. The molecule has 3 radical (unpaired) electrons. The molecular weight excluding hydrogens is 275 g/mol. The van der Waals surface area contributed by atoms with Crippen LogP contribution in [0.4, 0.5) is 0 Å². The van der Waals surface area contributed by atoms with Crippen molar-refractivity contribution >= 4 is 22.5 Å². The third kappa shape index (κ3) is 7.14. The van der Waals surface area contributed by atoms with Gasteiger partial charge in [0, 0.05) is 0 Å². The second-order valence-corrected chi connectivity index (χ2v) is 6.50. The number of hydrogen-bond acceptors (Lipinski definition) is 0. The molecule has 0 fully saturated rings. The van der Waals surface area contributed by atoms with E-state index in [0.29, 0.717) is 0 Å². The summed E-state index contributed by atoms with van der Waals surface area (Å²) in [7, 11) is 0. The molecule has 0 aromatic heterocycles. The number of hydrogen-bond donors (Lipinski definition) is 0. The standard InChI is InChI=1S/C13H27.Sn.H/c1-4-7-8-9-10-11-12-13(5-2)6-3;;/h12-13H,4-11H2,1-3H3;;/q;;-1. The van der Waals surface area contributed by atoms with Crippen LogP contribution >= 0.6 is 0 Å². The van der Waals surface area contributed by atoms with Crippen molar-refractivity contribution in [2.45, 2.75) is 76.1 Å². The Balaban J connectivity index is 0. The van der Waals surface area contributed by atoms with E-state index >= 15 is 0 Å². The molecule has 85 valence electrons. The molecule has 0 heterocycles. The van der Waals surface area contributed by atoms with Crippen LogP contribution < -0.4 is 0 Å². The minimum absolute atomic E-state index is 0. The van der Waals surface area contributed by atoms with Gasteiger partial charge in [-0.15, -0.1) is 0 Å². The van der Waals surface area contributed by atoms with E-state index in [4.69, 9.17) is 0 Å². The van der Waals surface area contributed by atoms with Gasteiger partial charge in [-0.05, 0) is 0 Å². The van der Waals surface area contributed by atoms with E-state index in [0.717, 1.165) is 9.85 Å². The second kappa shape index (κ2) is 10.3. The van der Waals surface area contributed by atoms with Gasteiger partial charge >= 0.3 is 105 Å². The summed E-state index contributed by atoms with van der Waals surface area (Å²) >= 11 is 1.77. The summed E-state index contributed by atoms with van der Waals surface area (Å²) < 4.78 is 1.04. The van der Waals surface area contributed by atoms with Crippen molar-refractivity contribution in [2.75, 3.05) is 0 Å². The van der Waals surface area contributed by atoms with Gasteiger partial charge in [0.1, 0.15) is 0 Å². The Hall–Kier alpha value is 0.799. The first-order valence-electron chi connectivity index (χ1n) is 6.47. The Morgan fingerprint density at radius 2 is 1.50 bits per heavy atom. The summed E-state index contributed by atoms with van der Waals surface area (Å²) in [5.41, 5.74) is 0. The molecule has 1 atom stereocenters. The van der Waals surface area contributed by atoms with Gasteiger partial charge in [0.05, 0.1) is 0 Å². The predicted octanol–water partition coefficient (Wildman–Crippen LogP) is 4.85. The second-order valence-electron chi connectivity index (χ2n) is 4.39. The average molecular weight is 303 g/mol. The van der Waals surface area contributed by atoms with Crippen LogP contribution in [0.1, 0.15) is 73.6 Å². The average Bonchev–Trinajstić information content (AvgIpc) is 2.19. The maximum atomic E-state index is 2.35. The van der Waals surface area contributed by atoms with Crippen molar-refractivity contribution in [3.05, 3.63) is 0 Å². The zero-order chi connectivity index (χ0) is 10.8. The summed E-state index contributed by atoms with van der Waals surface area (Å²) in [6.45, 7) is 6.99. The quantitative estimate of drug-likeness (QED) is 0.422. The van der Waals surface area contributed by atoms with Crippen molar-refractivity contribution in [2.24, 2.45) is 5.92 Å². The Kier molecular flexibility index (Phi) is 10.9. The van der Waals surface area contributed by atoms with E-state index in [1.54, 1.807) is 22.5 Å². The summed E-state index contributed by atoms with van der Waals surface area (Å²) in [4.78, 5) is 0. The van der Waals surface area contributed by atoms with Crippen molar-refractivity contribution in [1.82, 2.24) is 0 Å². The SMILES string of the molecule is CCCCCCC[CH]([Sn])C(CC)CC.[H-]. The third-order valence-corrected chi connectivity index (χ3v) is 5.41. The van der Waals surface area contributed by atoms with Crippen LogP contribution in [0.2, 0.25) is 3.93 Å². The molecular formula is C13H28Sn-. The van der Waals surface area contributed by atoms with Gasteiger partial charge in [-0.2, -0.15) is 0 Å². The van der Waals surface area contributed by atoms with Gasteiger partial charge in [0.2, 0.25) is 0 Å². The predicted molar refractivity (Wildman–Crippen MR) is 68.1 cm³/mol. The molecule has 0 N–H and O–H groups in total. The first-order chi connectivity index (χ1) is 6.76. The first-order valence-corrected chi connectivity index (χ1v) is 8.12. The number of unbranched alkanes of at least 4 members (excludes halogenated alkanes) is 4. The van der Waals surface area contributed by atoms with Gasteiger partial charge in [-0.25, -0.2) is 0 Å². The molecule has 0 aromatic carbocycles. The molecule has 0 aliphatic carbocycles.